The number of tetrazole rings is 2. The molecule has 20 nitrogen and oxygen atoms in total. The number of nitrogens with one attached hydrogen (secondary N) is 2. The summed E-state index contributed by atoms with van der Waals surface area (Å²) in [6, 6.07) is 0. The van der Waals surface area contributed by atoms with Gasteiger partial charge in [-0.05, 0) is 36.5 Å². The molecule has 37 heavy (non-hydrogen) atoms. The molecule has 0 aliphatic rings. The zero-order valence-electron chi connectivity index (χ0n) is 20.2. The normalized spacial score (nSPS) is 11.8. The first-order chi connectivity index (χ1) is 17.6. The molecule has 0 bridgehead atoms. The quantitative estimate of drug-likeness (QED) is 0.127. The predicted octanol–water partition coefficient (Wildman–Crippen LogP) is -0.109. The third-order valence-electron chi connectivity index (χ3n) is 4.50. The van der Waals surface area contributed by atoms with Crippen molar-refractivity contribution in [2.24, 2.45) is 10.2 Å². The molecular formula is C17H26N14O6. The van der Waals surface area contributed by atoms with Crippen LogP contribution in [0.3, 0.4) is 0 Å². The molecule has 0 aliphatic carbocycles. The van der Waals surface area contributed by atoms with E-state index in [0.717, 1.165) is 28.9 Å². The van der Waals surface area contributed by atoms with Crippen molar-refractivity contribution in [2.75, 3.05) is 0 Å². The van der Waals surface area contributed by atoms with E-state index in [4.69, 9.17) is 0 Å². The molecule has 2 aromatic rings. The molecule has 0 atom stereocenters. The largest absolute Gasteiger partial charge is 0.514 e. The van der Waals surface area contributed by atoms with Gasteiger partial charge in [-0.2, -0.15) is 10.2 Å². The fourth-order valence-corrected chi connectivity index (χ4v) is 2.76. The van der Waals surface area contributed by atoms with Gasteiger partial charge in [0.05, 0.1) is 31.8 Å². The SMILES string of the molecule is C/C(Cn1nnc([N+](=O)[O-])n1)=N\NC(=O)CCCCCCCC(=O)N/N=C(\C)Cn1nnc([N+](=O)[O-])n1. The van der Waals surface area contributed by atoms with Crippen LogP contribution in [0, 0.1) is 20.2 Å². The maximum Gasteiger partial charge on any atom is 0.514 e. The Kier molecular flexibility index (Phi) is 11.2. The lowest BCUT2D eigenvalue weighted by Crippen LogP contribution is -2.21. The van der Waals surface area contributed by atoms with Crippen LogP contribution in [0.15, 0.2) is 10.2 Å². The summed E-state index contributed by atoms with van der Waals surface area (Å²) in [5.74, 6) is -1.76. The summed E-state index contributed by atoms with van der Waals surface area (Å²) in [7, 11) is 0. The standard InChI is InChI=1S/C17H26N14O6/c1-12(10-28-24-16(22-26-28)30(34)35)18-20-14(32)8-6-4-3-5-7-9-15(33)21-19-13(2)11-29-25-17(23-27-29)31(36)37/h3-11H2,1-2H3,(H,20,32)(H,21,33)/b18-12+,19-13+. The van der Waals surface area contributed by atoms with Gasteiger partial charge in [-0.25, -0.2) is 10.9 Å². The lowest BCUT2D eigenvalue weighted by molar-refractivity contribution is -0.394. The first-order valence-electron chi connectivity index (χ1n) is 11.1. The van der Waals surface area contributed by atoms with Gasteiger partial charge >= 0.3 is 11.9 Å². The monoisotopic (exact) mass is 522 g/mol. The van der Waals surface area contributed by atoms with Crippen LogP contribution >= 0.6 is 0 Å². The van der Waals surface area contributed by atoms with Gasteiger partial charge in [-0.1, -0.05) is 28.9 Å². The maximum absolute atomic E-state index is 11.9. The van der Waals surface area contributed by atoms with E-state index in [-0.39, 0.29) is 37.7 Å². The second-order valence-corrected chi connectivity index (χ2v) is 7.79. The minimum atomic E-state index is -0.760. The van der Waals surface area contributed by atoms with E-state index in [0.29, 0.717) is 24.3 Å². The number of hydrazone groups is 2. The summed E-state index contributed by atoms with van der Waals surface area (Å²) in [5.41, 5.74) is 5.71. The molecule has 2 amide bonds. The van der Waals surface area contributed by atoms with E-state index in [2.05, 4.69) is 51.9 Å². The molecule has 2 heterocycles. The molecule has 200 valence electrons. The fourth-order valence-electron chi connectivity index (χ4n) is 2.76. The molecule has 2 aromatic heterocycles. The molecule has 0 saturated carbocycles. The van der Waals surface area contributed by atoms with E-state index in [1.165, 1.54) is 0 Å². The van der Waals surface area contributed by atoms with Crippen molar-refractivity contribution in [2.45, 2.75) is 71.9 Å². The summed E-state index contributed by atoms with van der Waals surface area (Å²) in [6.45, 7) is 3.31. The Bertz CT molecular complexity index is 1070. The Morgan fingerprint density at radius 3 is 1.49 bits per heavy atom. The van der Waals surface area contributed by atoms with Crippen LogP contribution in [0.25, 0.3) is 0 Å². The van der Waals surface area contributed by atoms with Crippen LogP contribution in [0.4, 0.5) is 11.9 Å². The molecule has 0 fully saturated rings. The van der Waals surface area contributed by atoms with Crippen LogP contribution in [-0.2, 0) is 22.7 Å². The smallest absolute Gasteiger partial charge is 0.390 e. The Hall–Kier alpha value is -4.78. The van der Waals surface area contributed by atoms with Crippen LogP contribution in [0.5, 0.6) is 0 Å². The van der Waals surface area contributed by atoms with Crippen molar-refractivity contribution >= 4 is 35.1 Å². The zero-order valence-corrected chi connectivity index (χ0v) is 20.2. The second kappa shape index (κ2) is 14.6. The summed E-state index contributed by atoms with van der Waals surface area (Å²) >= 11 is 0. The lowest BCUT2D eigenvalue weighted by atomic mass is 10.1. The van der Waals surface area contributed by atoms with Crippen molar-refractivity contribution < 1.29 is 19.4 Å². The summed E-state index contributed by atoms with van der Waals surface area (Å²) in [5, 5.41) is 49.6. The minimum absolute atomic E-state index is 0.0450. The number of rotatable bonds is 16. The van der Waals surface area contributed by atoms with Gasteiger partial charge < -0.3 is 20.2 Å². The first kappa shape index (κ1) is 28.5. The molecule has 2 rings (SSSR count). The van der Waals surface area contributed by atoms with Gasteiger partial charge in [0, 0.05) is 23.3 Å². The Balaban J connectivity index is 1.51. The first-order valence-corrected chi connectivity index (χ1v) is 11.1. The Morgan fingerprint density at radius 2 is 1.14 bits per heavy atom. The molecule has 20 heteroatoms. The van der Waals surface area contributed by atoms with E-state index in [1.54, 1.807) is 13.8 Å². The van der Waals surface area contributed by atoms with Gasteiger partial charge in [-0.3, -0.25) is 9.59 Å². The van der Waals surface area contributed by atoms with Crippen molar-refractivity contribution in [3.63, 3.8) is 0 Å². The molecule has 0 spiro atoms. The Morgan fingerprint density at radius 1 is 0.757 bits per heavy atom. The molecule has 0 aliphatic heterocycles. The number of nitro groups is 2. The average Bonchev–Trinajstić information content (AvgIpc) is 3.51. The van der Waals surface area contributed by atoms with E-state index < -0.39 is 21.7 Å². The third kappa shape index (κ3) is 11.0. The molecular weight excluding hydrogens is 496 g/mol. The maximum atomic E-state index is 11.9. The number of aromatic nitrogens is 8. The van der Waals surface area contributed by atoms with Crippen molar-refractivity contribution in [3.05, 3.63) is 20.2 Å². The number of nitrogens with zero attached hydrogens (tertiary/aromatic N) is 12. The summed E-state index contributed by atoms with van der Waals surface area (Å²) in [4.78, 5) is 45.3. The molecule has 0 aromatic carbocycles. The highest BCUT2D eigenvalue weighted by atomic mass is 16.6. The highest BCUT2D eigenvalue weighted by Crippen LogP contribution is 2.07. The predicted molar refractivity (Wildman–Crippen MR) is 124 cm³/mol. The highest BCUT2D eigenvalue weighted by Gasteiger charge is 2.16. The van der Waals surface area contributed by atoms with Crippen molar-refractivity contribution in [3.8, 4) is 0 Å². The van der Waals surface area contributed by atoms with Crippen LogP contribution in [0.1, 0.15) is 58.8 Å². The van der Waals surface area contributed by atoms with Gasteiger partial charge in [-0.15, -0.1) is 0 Å². The minimum Gasteiger partial charge on any atom is -0.390 e. The van der Waals surface area contributed by atoms with Crippen LogP contribution < -0.4 is 10.9 Å². The lowest BCUT2D eigenvalue weighted by Gasteiger charge is -2.03. The number of unbranched alkanes of at least 4 members (excludes halogenated alkanes) is 4. The van der Waals surface area contributed by atoms with Crippen LogP contribution in [0.2, 0.25) is 0 Å². The number of hydrogen-bond acceptors (Lipinski definition) is 14. The molecule has 0 saturated heterocycles. The molecule has 0 radical (unpaired) electrons. The molecule has 0 unspecified atom stereocenters. The second-order valence-electron chi connectivity index (χ2n) is 7.79. The molecule has 2 N–H and O–H groups in total. The number of amides is 2. The number of carbonyl (C=O) groups excluding carboxylic acids is 2. The summed E-state index contributed by atoms with van der Waals surface area (Å²) < 4.78 is 0. The van der Waals surface area contributed by atoms with E-state index in [1.807, 2.05) is 0 Å². The topological polar surface area (TPSA) is 256 Å². The number of carbonyl (C=O) groups is 2. The van der Waals surface area contributed by atoms with Crippen LogP contribution in [-0.4, -0.2) is 73.5 Å². The van der Waals surface area contributed by atoms with Crippen molar-refractivity contribution in [1.82, 2.24) is 51.3 Å². The Labute approximate surface area is 208 Å². The fraction of sp³-hybridized carbons (Fsp3) is 0.647. The average molecular weight is 522 g/mol. The third-order valence-corrected chi connectivity index (χ3v) is 4.50. The number of hydrogen-bond donors (Lipinski definition) is 2. The zero-order chi connectivity index (χ0) is 27.2. The van der Waals surface area contributed by atoms with Gasteiger partial charge in [0.1, 0.15) is 13.1 Å². The van der Waals surface area contributed by atoms with Gasteiger partial charge in [0.25, 0.3) is 0 Å². The summed E-state index contributed by atoms with van der Waals surface area (Å²) in [6.07, 6.45) is 4.32. The van der Waals surface area contributed by atoms with E-state index in [9.17, 15) is 29.8 Å². The van der Waals surface area contributed by atoms with Gasteiger partial charge in [0.15, 0.2) is 0 Å². The van der Waals surface area contributed by atoms with Crippen molar-refractivity contribution in [1.29, 1.82) is 0 Å². The van der Waals surface area contributed by atoms with Gasteiger partial charge in [0.2, 0.25) is 11.8 Å². The van der Waals surface area contributed by atoms with E-state index >= 15 is 0 Å². The highest BCUT2D eigenvalue weighted by molar-refractivity contribution is 5.84.